The fourth-order valence-electron chi connectivity index (χ4n) is 2.22. The van der Waals surface area contributed by atoms with Gasteiger partial charge in [-0.2, -0.15) is 12.6 Å². The van der Waals surface area contributed by atoms with Gasteiger partial charge in [-0.3, -0.25) is 0 Å². The Hall–Kier alpha value is 0.310. The molecule has 0 N–H and O–H groups in total. The van der Waals surface area contributed by atoms with Crippen LogP contribution in [0.1, 0.15) is 46.0 Å². The third-order valence-electron chi connectivity index (χ3n) is 3.14. The summed E-state index contributed by atoms with van der Waals surface area (Å²) in [6.07, 6.45) is 6.79. The molecule has 1 nitrogen and oxygen atoms in total. The van der Waals surface area contributed by atoms with Crippen LogP contribution in [-0.4, -0.2) is 30.3 Å². The lowest BCUT2D eigenvalue weighted by Crippen LogP contribution is -2.24. The Balaban J connectivity index is 1.98. The van der Waals surface area contributed by atoms with Crippen LogP contribution in [0.15, 0.2) is 0 Å². The minimum absolute atomic E-state index is 0.575. The van der Waals surface area contributed by atoms with Gasteiger partial charge in [0.1, 0.15) is 0 Å². The Morgan fingerprint density at radius 3 is 2.43 bits per heavy atom. The van der Waals surface area contributed by atoms with Crippen molar-refractivity contribution in [1.29, 1.82) is 0 Å². The first-order valence-electron chi connectivity index (χ1n) is 5.97. The standard InChI is InChI=1S/C12H25NS/c1-12(2)7-9-13(11-12)8-5-3-4-6-10-14/h14H,3-11H2,1-2H3. The highest BCUT2D eigenvalue weighted by atomic mass is 32.1. The number of unbranched alkanes of at least 4 members (excludes halogenated alkanes) is 3. The summed E-state index contributed by atoms with van der Waals surface area (Å²) < 4.78 is 0. The predicted octanol–water partition coefficient (Wildman–Crippen LogP) is 3.21. The zero-order chi connectivity index (χ0) is 10.4. The second-order valence-electron chi connectivity index (χ2n) is 5.33. The van der Waals surface area contributed by atoms with Gasteiger partial charge in [0.05, 0.1) is 0 Å². The summed E-state index contributed by atoms with van der Waals surface area (Å²) in [6, 6.07) is 0. The van der Waals surface area contributed by atoms with Crippen molar-refractivity contribution in [1.82, 2.24) is 4.90 Å². The smallest absolute Gasteiger partial charge is 0.00332 e. The first-order valence-corrected chi connectivity index (χ1v) is 6.60. The molecule has 1 saturated heterocycles. The van der Waals surface area contributed by atoms with E-state index in [4.69, 9.17) is 0 Å². The Kier molecular flexibility index (Phi) is 5.32. The zero-order valence-corrected chi connectivity index (χ0v) is 10.7. The molecular formula is C12H25NS. The van der Waals surface area contributed by atoms with Crippen LogP contribution in [0.2, 0.25) is 0 Å². The first kappa shape index (κ1) is 12.4. The van der Waals surface area contributed by atoms with E-state index in [1.54, 1.807) is 0 Å². The van der Waals surface area contributed by atoms with Crippen molar-refractivity contribution in [2.75, 3.05) is 25.4 Å². The number of nitrogens with zero attached hydrogens (tertiary/aromatic N) is 1. The van der Waals surface area contributed by atoms with Crippen LogP contribution in [0.3, 0.4) is 0 Å². The predicted molar refractivity (Wildman–Crippen MR) is 67.2 cm³/mol. The van der Waals surface area contributed by atoms with Crippen LogP contribution in [0.5, 0.6) is 0 Å². The van der Waals surface area contributed by atoms with Gasteiger partial charge < -0.3 is 4.90 Å². The molecule has 0 bridgehead atoms. The fraction of sp³-hybridized carbons (Fsp3) is 1.00. The summed E-state index contributed by atoms with van der Waals surface area (Å²) in [5.74, 6) is 1.05. The molecule has 1 heterocycles. The van der Waals surface area contributed by atoms with Crippen molar-refractivity contribution >= 4 is 12.6 Å². The highest BCUT2D eigenvalue weighted by molar-refractivity contribution is 7.80. The van der Waals surface area contributed by atoms with Gasteiger partial charge in [0.25, 0.3) is 0 Å². The summed E-state index contributed by atoms with van der Waals surface area (Å²) in [4.78, 5) is 2.63. The summed E-state index contributed by atoms with van der Waals surface area (Å²) in [6.45, 7) is 8.71. The van der Waals surface area contributed by atoms with Crippen molar-refractivity contribution in [3.63, 3.8) is 0 Å². The van der Waals surface area contributed by atoms with Gasteiger partial charge >= 0.3 is 0 Å². The first-order chi connectivity index (χ1) is 6.64. The van der Waals surface area contributed by atoms with Crippen LogP contribution in [0, 0.1) is 5.41 Å². The molecule has 0 aromatic heterocycles. The molecule has 1 aliphatic heterocycles. The zero-order valence-electron chi connectivity index (χ0n) is 9.76. The van der Waals surface area contributed by atoms with E-state index in [0.29, 0.717) is 5.41 Å². The monoisotopic (exact) mass is 215 g/mol. The van der Waals surface area contributed by atoms with Crippen LogP contribution in [0.4, 0.5) is 0 Å². The maximum absolute atomic E-state index is 4.22. The Bertz CT molecular complexity index is 156. The topological polar surface area (TPSA) is 3.24 Å². The van der Waals surface area contributed by atoms with Gasteiger partial charge in [0.15, 0.2) is 0 Å². The molecule has 0 saturated carbocycles. The lowest BCUT2D eigenvalue weighted by molar-refractivity contribution is 0.285. The molecule has 0 atom stereocenters. The molecular weight excluding hydrogens is 190 g/mol. The lowest BCUT2D eigenvalue weighted by Gasteiger charge is -2.19. The Morgan fingerprint density at radius 2 is 1.86 bits per heavy atom. The van der Waals surface area contributed by atoms with E-state index in [0.717, 1.165) is 5.75 Å². The summed E-state index contributed by atoms with van der Waals surface area (Å²) in [7, 11) is 0. The van der Waals surface area contributed by atoms with Crippen LogP contribution < -0.4 is 0 Å². The number of hydrogen-bond acceptors (Lipinski definition) is 2. The van der Waals surface area contributed by atoms with Crippen molar-refractivity contribution in [3.8, 4) is 0 Å². The Morgan fingerprint density at radius 1 is 1.14 bits per heavy atom. The average Bonchev–Trinajstić information content (AvgIpc) is 2.45. The molecule has 0 amide bonds. The van der Waals surface area contributed by atoms with Crippen LogP contribution in [0.25, 0.3) is 0 Å². The fourth-order valence-corrected chi connectivity index (χ4v) is 2.44. The van der Waals surface area contributed by atoms with Gasteiger partial charge in [-0.15, -0.1) is 0 Å². The Labute approximate surface area is 94.7 Å². The van der Waals surface area contributed by atoms with Crippen LogP contribution >= 0.6 is 12.6 Å². The molecule has 0 aromatic carbocycles. The average molecular weight is 215 g/mol. The molecule has 0 unspecified atom stereocenters. The maximum atomic E-state index is 4.22. The van der Waals surface area contributed by atoms with E-state index in [9.17, 15) is 0 Å². The van der Waals surface area contributed by atoms with E-state index in [1.165, 1.54) is 51.7 Å². The second-order valence-corrected chi connectivity index (χ2v) is 5.78. The van der Waals surface area contributed by atoms with Crippen molar-refractivity contribution in [2.45, 2.75) is 46.0 Å². The molecule has 0 aliphatic carbocycles. The number of thiol groups is 1. The van der Waals surface area contributed by atoms with Gasteiger partial charge in [-0.05, 0) is 43.5 Å². The summed E-state index contributed by atoms with van der Waals surface area (Å²) >= 11 is 4.22. The van der Waals surface area contributed by atoms with Gasteiger partial charge in [0.2, 0.25) is 0 Å². The van der Waals surface area contributed by atoms with Gasteiger partial charge in [-0.25, -0.2) is 0 Å². The van der Waals surface area contributed by atoms with E-state index >= 15 is 0 Å². The number of hydrogen-bond donors (Lipinski definition) is 1. The number of likely N-dealkylation sites (tertiary alicyclic amines) is 1. The molecule has 0 spiro atoms. The molecule has 84 valence electrons. The largest absolute Gasteiger partial charge is 0.303 e. The van der Waals surface area contributed by atoms with Crippen molar-refractivity contribution < 1.29 is 0 Å². The van der Waals surface area contributed by atoms with Crippen LogP contribution in [-0.2, 0) is 0 Å². The molecule has 0 radical (unpaired) electrons. The number of rotatable bonds is 6. The highest BCUT2D eigenvalue weighted by Crippen LogP contribution is 2.28. The lowest BCUT2D eigenvalue weighted by atomic mass is 9.93. The normalized spacial score (nSPS) is 21.6. The maximum Gasteiger partial charge on any atom is 0.00332 e. The van der Waals surface area contributed by atoms with E-state index in [1.807, 2.05) is 0 Å². The van der Waals surface area contributed by atoms with E-state index in [2.05, 4.69) is 31.4 Å². The quantitative estimate of drug-likeness (QED) is 0.526. The molecule has 0 aromatic rings. The minimum atomic E-state index is 0.575. The molecule has 1 fully saturated rings. The van der Waals surface area contributed by atoms with Crippen molar-refractivity contribution in [3.05, 3.63) is 0 Å². The second kappa shape index (κ2) is 6.02. The van der Waals surface area contributed by atoms with Gasteiger partial charge in [-0.1, -0.05) is 26.7 Å². The summed E-state index contributed by atoms with van der Waals surface area (Å²) in [5, 5.41) is 0. The molecule has 14 heavy (non-hydrogen) atoms. The van der Waals surface area contributed by atoms with E-state index in [-0.39, 0.29) is 0 Å². The molecule has 2 heteroatoms. The van der Waals surface area contributed by atoms with Crippen molar-refractivity contribution in [2.24, 2.45) is 5.41 Å². The SMILES string of the molecule is CC1(C)CCN(CCCCCCS)C1. The molecule has 1 aliphatic rings. The van der Waals surface area contributed by atoms with E-state index < -0.39 is 0 Å². The minimum Gasteiger partial charge on any atom is -0.303 e. The molecule has 1 rings (SSSR count). The third-order valence-corrected chi connectivity index (χ3v) is 3.46. The third kappa shape index (κ3) is 4.70. The van der Waals surface area contributed by atoms with Gasteiger partial charge in [0, 0.05) is 6.54 Å². The summed E-state index contributed by atoms with van der Waals surface area (Å²) in [5.41, 5.74) is 0.575. The highest BCUT2D eigenvalue weighted by Gasteiger charge is 2.28.